The minimum Gasteiger partial charge on any atom is -0.492 e. The number of amides is 1. The summed E-state index contributed by atoms with van der Waals surface area (Å²) >= 11 is 3.37. The van der Waals surface area contributed by atoms with Gasteiger partial charge in [0.2, 0.25) is 5.91 Å². The van der Waals surface area contributed by atoms with Crippen LogP contribution in [0.5, 0.6) is 5.75 Å². The Morgan fingerprint density at radius 2 is 2.06 bits per heavy atom. The Bertz CT molecular complexity index is 381. The summed E-state index contributed by atoms with van der Waals surface area (Å²) in [6.07, 6.45) is 0. The second-order valence-corrected chi connectivity index (χ2v) is 4.99. The van der Waals surface area contributed by atoms with Crippen molar-refractivity contribution in [3.05, 3.63) is 28.7 Å². The standard InChI is InChI=1S/C13H19BrN2O2/c1-10(13(17)15-2)16(3)8-9-18-12-6-4-11(14)5-7-12/h4-7,10H,8-9H2,1-3H3,(H,15,17)/t10-/m0/s1. The maximum Gasteiger partial charge on any atom is 0.236 e. The predicted octanol–water partition coefficient (Wildman–Crippen LogP) is 1.89. The highest BCUT2D eigenvalue weighted by Crippen LogP contribution is 2.15. The minimum atomic E-state index is -0.150. The van der Waals surface area contributed by atoms with E-state index in [0.717, 1.165) is 10.2 Å². The largest absolute Gasteiger partial charge is 0.492 e. The van der Waals surface area contributed by atoms with Crippen LogP contribution in [0, 0.1) is 0 Å². The number of rotatable bonds is 6. The zero-order chi connectivity index (χ0) is 13.5. The summed E-state index contributed by atoms with van der Waals surface area (Å²) in [5, 5.41) is 2.63. The number of halogens is 1. The first-order valence-electron chi connectivity index (χ1n) is 5.84. The van der Waals surface area contributed by atoms with E-state index in [0.29, 0.717) is 13.2 Å². The lowest BCUT2D eigenvalue weighted by atomic mass is 10.3. The molecule has 1 aromatic rings. The molecule has 0 spiro atoms. The number of likely N-dealkylation sites (N-methyl/N-ethyl adjacent to an activating group) is 2. The molecule has 1 rings (SSSR count). The number of benzene rings is 1. The highest BCUT2D eigenvalue weighted by Gasteiger charge is 2.15. The fourth-order valence-electron chi connectivity index (χ4n) is 1.44. The second kappa shape index (κ2) is 7.38. The van der Waals surface area contributed by atoms with Crippen molar-refractivity contribution in [2.45, 2.75) is 13.0 Å². The molecular formula is C13H19BrN2O2. The van der Waals surface area contributed by atoms with E-state index in [1.54, 1.807) is 7.05 Å². The monoisotopic (exact) mass is 314 g/mol. The molecule has 1 aromatic carbocycles. The molecule has 0 fully saturated rings. The molecule has 0 aliphatic carbocycles. The molecule has 0 aromatic heterocycles. The third-order valence-corrected chi connectivity index (χ3v) is 3.34. The molecule has 1 N–H and O–H groups in total. The van der Waals surface area contributed by atoms with Crippen LogP contribution in [0.25, 0.3) is 0 Å². The molecule has 100 valence electrons. The van der Waals surface area contributed by atoms with Crippen molar-refractivity contribution >= 4 is 21.8 Å². The van der Waals surface area contributed by atoms with Gasteiger partial charge in [0.15, 0.2) is 0 Å². The fraction of sp³-hybridized carbons (Fsp3) is 0.462. The summed E-state index contributed by atoms with van der Waals surface area (Å²) in [7, 11) is 3.55. The van der Waals surface area contributed by atoms with Gasteiger partial charge in [0.25, 0.3) is 0 Å². The maximum absolute atomic E-state index is 11.4. The molecule has 5 heteroatoms. The lowest BCUT2D eigenvalue weighted by Crippen LogP contribution is -2.43. The van der Waals surface area contributed by atoms with E-state index >= 15 is 0 Å². The number of ether oxygens (including phenoxy) is 1. The Balaban J connectivity index is 2.33. The number of carbonyl (C=O) groups excluding carboxylic acids is 1. The van der Waals surface area contributed by atoms with Gasteiger partial charge < -0.3 is 10.1 Å². The number of hydrogen-bond acceptors (Lipinski definition) is 3. The van der Waals surface area contributed by atoms with Crippen molar-refractivity contribution in [2.24, 2.45) is 0 Å². The Morgan fingerprint density at radius 3 is 2.61 bits per heavy atom. The van der Waals surface area contributed by atoms with E-state index in [1.165, 1.54) is 0 Å². The summed E-state index contributed by atoms with van der Waals surface area (Å²) < 4.78 is 6.63. The van der Waals surface area contributed by atoms with Crippen molar-refractivity contribution in [3.8, 4) is 5.75 Å². The first-order chi connectivity index (χ1) is 8.54. The van der Waals surface area contributed by atoms with Crippen LogP contribution in [0.4, 0.5) is 0 Å². The van der Waals surface area contributed by atoms with Gasteiger partial charge in [-0.1, -0.05) is 15.9 Å². The van der Waals surface area contributed by atoms with Crippen LogP contribution in [0.3, 0.4) is 0 Å². The van der Waals surface area contributed by atoms with E-state index in [4.69, 9.17) is 4.74 Å². The van der Waals surface area contributed by atoms with E-state index in [1.807, 2.05) is 43.1 Å². The topological polar surface area (TPSA) is 41.6 Å². The Labute approximate surface area is 116 Å². The number of carbonyl (C=O) groups is 1. The van der Waals surface area contributed by atoms with Gasteiger partial charge in [-0.3, -0.25) is 9.69 Å². The molecule has 4 nitrogen and oxygen atoms in total. The average molecular weight is 315 g/mol. The second-order valence-electron chi connectivity index (χ2n) is 4.07. The smallest absolute Gasteiger partial charge is 0.236 e. The van der Waals surface area contributed by atoms with Crippen molar-refractivity contribution < 1.29 is 9.53 Å². The van der Waals surface area contributed by atoms with Gasteiger partial charge in [0.05, 0.1) is 6.04 Å². The summed E-state index contributed by atoms with van der Waals surface area (Å²) in [5.74, 6) is 0.848. The van der Waals surface area contributed by atoms with Crippen LogP contribution in [0.2, 0.25) is 0 Å². The van der Waals surface area contributed by atoms with Gasteiger partial charge in [-0.2, -0.15) is 0 Å². The van der Waals surface area contributed by atoms with Gasteiger partial charge in [0, 0.05) is 18.1 Å². The van der Waals surface area contributed by atoms with Gasteiger partial charge in [0.1, 0.15) is 12.4 Å². The van der Waals surface area contributed by atoms with Gasteiger partial charge in [-0.05, 0) is 38.2 Å². The van der Waals surface area contributed by atoms with Crippen LogP contribution < -0.4 is 10.1 Å². The molecule has 18 heavy (non-hydrogen) atoms. The number of nitrogens with zero attached hydrogens (tertiary/aromatic N) is 1. The van der Waals surface area contributed by atoms with Gasteiger partial charge in [-0.15, -0.1) is 0 Å². The summed E-state index contributed by atoms with van der Waals surface area (Å²) in [6, 6.07) is 7.54. The average Bonchev–Trinajstić information content (AvgIpc) is 2.39. The normalized spacial score (nSPS) is 12.3. The van der Waals surface area contributed by atoms with Crippen LogP contribution in [0.15, 0.2) is 28.7 Å². The van der Waals surface area contributed by atoms with Crippen LogP contribution in [-0.2, 0) is 4.79 Å². The number of hydrogen-bond donors (Lipinski definition) is 1. The quantitative estimate of drug-likeness (QED) is 0.872. The van der Waals surface area contributed by atoms with Crippen molar-refractivity contribution in [1.82, 2.24) is 10.2 Å². The molecule has 0 aliphatic heterocycles. The van der Waals surface area contributed by atoms with Crippen molar-refractivity contribution in [2.75, 3.05) is 27.2 Å². The molecule has 0 saturated carbocycles. The van der Waals surface area contributed by atoms with Gasteiger partial charge >= 0.3 is 0 Å². The molecule has 0 bridgehead atoms. The van der Waals surface area contributed by atoms with E-state index in [9.17, 15) is 4.79 Å². The van der Waals surface area contributed by atoms with E-state index in [-0.39, 0.29) is 11.9 Å². The summed E-state index contributed by atoms with van der Waals surface area (Å²) in [5.41, 5.74) is 0. The van der Waals surface area contributed by atoms with Crippen molar-refractivity contribution in [1.29, 1.82) is 0 Å². The highest BCUT2D eigenvalue weighted by atomic mass is 79.9. The van der Waals surface area contributed by atoms with Gasteiger partial charge in [-0.25, -0.2) is 0 Å². The number of nitrogens with one attached hydrogen (secondary N) is 1. The maximum atomic E-state index is 11.4. The first-order valence-corrected chi connectivity index (χ1v) is 6.64. The molecule has 0 radical (unpaired) electrons. The highest BCUT2D eigenvalue weighted by molar-refractivity contribution is 9.10. The fourth-order valence-corrected chi connectivity index (χ4v) is 1.71. The van der Waals surface area contributed by atoms with Crippen LogP contribution in [0.1, 0.15) is 6.92 Å². The zero-order valence-corrected chi connectivity index (χ0v) is 12.5. The molecule has 0 unspecified atom stereocenters. The van der Waals surface area contributed by atoms with Crippen LogP contribution in [-0.4, -0.2) is 44.1 Å². The first kappa shape index (κ1) is 15.0. The SMILES string of the molecule is CNC(=O)[C@H](C)N(C)CCOc1ccc(Br)cc1. The molecule has 0 heterocycles. The lowest BCUT2D eigenvalue weighted by molar-refractivity contribution is -0.125. The zero-order valence-electron chi connectivity index (χ0n) is 10.9. The van der Waals surface area contributed by atoms with Crippen LogP contribution >= 0.6 is 15.9 Å². The summed E-state index contributed by atoms with van der Waals surface area (Å²) in [4.78, 5) is 13.4. The van der Waals surface area contributed by atoms with Crippen molar-refractivity contribution in [3.63, 3.8) is 0 Å². The molecule has 0 saturated heterocycles. The third kappa shape index (κ3) is 4.66. The predicted molar refractivity (Wildman–Crippen MR) is 75.8 cm³/mol. The molecule has 1 atom stereocenters. The van der Waals surface area contributed by atoms with E-state index < -0.39 is 0 Å². The minimum absolute atomic E-state index is 0.0149. The Kier molecular flexibility index (Phi) is 6.15. The summed E-state index contributed by atoms with van der Waals surface area (Å²) in [6.45, 7) is 3.13. The Morgan fingerprint density at radius 1 is 1.44 bits per heavy atom. The molecular weight excluding hydrogens is 296 g/mol. The lowest BCUT2D eigenvalue weighted by Gasteiger charge is -2.23. The van der Waals surface area contributed by atoms with E-state index in [2.05, 4.69) is 21.2 Å². The molecule has 1 amide bonds. The third-order valence-electron chi connectivity index (χ3n) is 2.81. The molecule has 0 aliphatic rings. The Hall–Kier alpha value is -1.07.